The largest absolute Gasteiger partial charge is 0.433 e. The molecule has 228 valence electrons. The number of nitrogens with one attached hydrogen (secondary N) is 2. The number of anilines is 3. The van der Waals surface area contributed by atoms with Gasteiger partial charge < -0.3 is 15.7 Å². The third-order valence-corrected chi connectivity index (χ3v) is 9.79. The Labute approximate surface area is 245 Å². The van der Waals surface area contributed by atoms with Crippen LogP contribution in [0.2, 0.25) is 0 Å². The van der Waals surface area contributed by atoms with Crippen LogP contribution in [0.4, 0.5) is 30.5 Å². The molecule has 16 heteroatoms. The normalized spacial score (nSPS) is 19.4. The first kappa shape index (κ1) is 29.0. The first-order valence-electron chi connectivity index (χ1n) is 13.9. The van der Waals surface area contributed by atoms with Gasteiger partial charge in [-0.05, 0) is 56.6 Å². The van der Waals surface area contributed by atoms with Crippen LogP contribution in [-0.2, 0) is 23.2 Å². The summed E-state index contributed by atoms with van der Waals surface area (Å²) in [5, 5.41) is 23.8. The highest BCUT2D eigenvalue weighted by atomic mass is 32.2. The monoisotopic (exact) mass is 617 g/mol. The van der Waals surface area contributed by atoms with Gasteiger partial charge in [-0.2, -0.15) is 27.5 Å². The quantitative estimate of drug-likeness (QED) is 0.249. The molecule has 0 bridgehead atoms. The summed E-state index contributed by atoms with van der Waals surface area (Å²) in [7, 11) is -2.29. The predicted molar refractivity (Wildman–Crippen MR) is 152 cm³/mol. The summed E-state index contributed by atoms with van der Waals surface area (Å²) >= 11 is 0. The Morgan fingerprint density at radius 2 is 1.81 bits per heavy atom. The van der Waals surface area contributed by atoms with Crippen molar-refractivity contribution >= 4 is 27.3 Å². The fraction of sp³-hybridized carbons (Fsp3) is 0.444. The number of hydrogen-bond acceptors (Lipinski definition) is 10. The van der Waals surface area contributed by atoms with Gasteiger partial charge in [-0.15, -0.1) is 0 Å². The van der Waals surface area contributed by atoms with Crippen molar-refractivity contribution in [1.29, 1.82) is 0 Å². The molecule has 0 saturated heterocycles. The molecule has 6 rings (SSSR count). The summed E-state index contributed by atoms with van der Waals surface area (Å²) in [6.45, 7) is 0.132. The van der Waals surface area contributed by atoms with E-state index in [1.165, 1.54) is 31.8 Å². The second-order valence-electron chi connectivity index (χ2n) is 10.9. The number of hydrogen-bond donors (Lipinski definition) is 3. The third-order valence-electron chi connectivity index (χ3n) is 7.75. The summed E-state index contributed by atoms with van der Waals surface area (Å²) in [5.41, 5.74) is 0.641. The zero-order valence-corrected chi connectivity index (χ0v) is 24.0. The van der Waals surface area contributed by atoms with Crippen molar-refractivity contribution in [2.75, 3.05) is 17.2 Å². The second kappa shape index (κ2) is 11.2. The van der Waals surface area contributed by atoms with Gasteiger partial charge in [-0.25, -0.2) is 23.4 Å². The summed E-state index contributed by atoms with van der Waals surface area (Å²) in [5.74, 6) is 1.24. The summed E-state index contributed by atoms with van der Waals surface area (Å²) in [6, 6.07) is 4.36. The van der Waals surface area contributed by atoms with Gasteiger partial charge in [-0.3, -0.25) is 4.68 Å². The molecule has 4 aromatic rings. The average Bonchev–Trinajstić information content (AvgIpc) is 3.59. The van der Waals surface area contributed by atoms with Crippen molar-refractivity contribution in [3.8, 4) is 22.6 Å². The summed E-state index contributed by atoms with van der Waals surface area (Å²) in [4.78, 5) is 13.2. The Balaban J connectivity index is 1.28. The number of rotatable bonds is 9. The molecule has 4 aromatic heterocycles. The number of nitrogens with zero attached hydrogens (tertiary/aromatic N) is 7. The fourth-order valence-electron chi connectivity index (χ4n) is 5.20. The SMILES string of the molecule is Cn1nc(-c2cnc(Nc3ccnc(-c4cnn(S(=O)(=O)C5CC5)c4)n3)cc2NC2CCC(CO)CC2)cc1C(F)(F)F. The molecule has 0 spiro atoms. The zero-order valence-electron chi connectivity index (χ0n) is 23.2. The standard InChI is InChI=1S/C27H30F3N9O3S/c1-38-23(27(28,29)30)10-22(37-38)20-13-32-25(11-21(20)34-18-4-2-16(15-40)3-5-18)35-24-8-9-31-26(36-24)17-12-33-39(14-17)43(41,42)19-6-7-19/h8-14,16,18-19,40H,2-7,15H2,1H3,(H2,31,32,34,35,36). The van der Waals surface area contributed by atoms with Gasteiger partial charge in [0.15, 0.2) is 5.82 Å². The van der Waals surface area contributed by atoms with Crippen LogP contribution in [0.25, 0.3) is 22.6 Å². The van der Waals surface area contributed by atoms with Gasteiger partial charge in [0, 0.05) is 49.4 Å². The minimum Gasteiger partial charge on any atom is -0.396 e. The van der Waals surface area contributed by atoms with Crippen LogP contribution in [0.5, 0.6) is 0 Å². The lowest BCUT2D eigenvalue weighted by atomic mass is 9.86. The van der Waals surface area contributed by atoms with Gasteiger partial charge in [-0.1, -0.05) is 0 Å². The zero-order chi connectivity index (χ0) is 30.4. The minimum atomic E-state index is -4.56. The first-order chi connectivity index (χ1) is 20.5. The van der Waals surface area contributed by atoms with E-state index in [2.05, 4.69) is 35.8 Å². The van der Waals surface area contributed by atoms with Gasteiger partial charge in [0.05, 0.1) is 28.9 Å². The molecule has 0 aromatic carbocycles. The Hall–Kier alpha value is -4.05. The predicted octanol–water partition coefficient (Wildman–Crippen LogP) is 4.20. The molecule has 43 heavy (non-hydrogen) atoms. The molecule has 2 fully saturated rings. The third kappa shape index (κ3) is 6.20. The summed E-state index contributed by atoms with van der Waals surface area (Å²) in [6.07, 6.45) is 5.68. The number of pyridine rings is 1. The van der Waals surface area contributed by atoms with E-state index in [1.807, 2.05) is 0 Å². The van der Waals surface area contributed by atoms with Crippen LogP contribution >= 0.6 is 0 Å². The van der Waals surface area contributed by atoms with Gasteiger partial charge in [0.2, 0.25) is 0 Å². The number of aryl methyl sites for hydroxylation is 1. The highest BCUT2D eigenvalue weighted by molar-refractivity contribution is 7.90. The van der Waals surface area contributed by atoms with E-state index in [0.717, 1.165) is 40.5 Å². The molecule has 0 amide bonds. The van der Waals surface area contributed by atoms with E-state index in [1.54, 1.807) is 12.1 Å². The molecule has 3 N–H and O–H groups in total. The number of alkyl halides is 3. The molecule has 0 unspecified atom stereocenters. The number of aliphatic hydroxyl groups excluding tert-OH is 1. The lowest BCUT2D eigenvalue weighted by molar-refractivity contribution is -0.143. The fourth-order valence-corrected chi connectivity index (χ4v) is 6.67. The van der Waals surface area contributed by atoms with E-state index in [-0.39, 0.29) is 30.1 Å². The number of aromatic nitrogens is 7. The van der Waals surface area contributed by atoms with Crippen molar-refractivity contribution < 1.29 is 26.7 Å². The lowest BCUT2D eigenvalue weighted by Gasteiger charge is -2.29. The van der Waals surface area contributed by atoms with E-state index in [0.29, 0.717) is 41.3 Å². The first-order valence-corrected chi connectivity index (χ1v) is 15.4. The number of aliphatic hydroxyl groups is 1. The van der Waals surface area contributed by atoms with Crippen molar-refractivity contribution in [2.45, 2.75) is 56.0 Å². The van der Waals surface area contributed by atoms with Crippen LogP contribution < -0.4 is 10.6 Å². The van der Waals surface area contributed by atoms with Crippen molar-refractivity contribution in [3.63, 3.8) is 0 Å². The molecule has 2 saturated carbocycles. The Morgan fingerprint density at radius 3 is 2.49 bits per heavy atom. The second-order valence-corrected chi connectivity index (χ2v) is 13.0. The maximum absolute atomic E-state index is 13.5. The molecule has 0 radical (unpaired) electrons. The van der Waals surface area contributed by atoms with Crippen LogP contribution in [0, 0.1) is 5.92 Å². The Kier molecular flexibility index (Phi) is 7.58. The van der Waals surface area contributed by atoms with Crippen LogP contribution in [-0.4, -0.2) is 65.3 Å². The van der Waals surface area contributed by atoms with Gasteiger partial charge in [0.1, 0.15) is 17.3 Å². The highest BCUT2D eigenvalue weighted by Gasteiger charge is 2.38. The Morgan fingerprint density at radius 1 is 1.05 bits per heavy atom. The molecule has 2 aliphatic rings. The Bertz CT molecular complexity index is 1730. The van der Waals surface area contributed by atoms with E-state index < -0.39 is 27.1 Å². The molecule has 4 heterocycles. The smallest absolute Gasteiger partial charge is 0.396 e. The molecule has 0 atom stereocenters. The molecule has 0 aliphatic heterocycles. The maximum Gasteiger partial charge on any atom is 0.433 e. The molecular weight excluding hydrogens is 587 g/mol. The van der Waals surface area contributed by atoms with Crippen LogP contribution in [0.15, 0.2) is 43.0 Å². The van der Waals surface area contributed by atoms with Crippen molar-refractivity contribution in [3.05, 3.63) is 48.7 Å². The molecule has 12 nitrogen and oxygen atoms in total. The summed E-state index contributed by atoms with van der Waals surface area (Å²) < 4.78 is 67.3. The maximum atomic E-state index is 13.5. The minimum absolute atomic E-state index is 0.0525. The van der Waals surface area contributed by atoms with Crippen LogP contribution in [0.1, 0.15) is 44.2 Å². The van der Waals surface area contributed by atoms with E-state index in [4.69, 9.17) is 0 Å². The van der Waals surface area contributed by atoms with Crippen LogP contribution in [0.3, 0.4) is 0 Å². The topological polar surface area (TPSA) is 153 Å². The lowest BCUT2D eigenvalue weighted by Crippen LogP contribution is -2.27. The van der Waals surface area contributed by atoms with Crippen molar-refractivity contribution in [1.82, 2.24) is 33.9 Å². The van der Waals surface area contributed by atoms with E-state index in [9.17, 15) is 26.7 Å². The molecule has 2 aliphatic carbocycles. The average molecular weight is 618 g/mol. The highest BCUT2D eigenvalue weighted by Crippen LogP contribution is 2.36. The number of halogens is 3. The molecular formula is C27H30F3N9O3S. The van der Waals surface area contributed by atoms with Crippen molar-refractivity contribution in [2.24, 2.45) is 13.0 Å². The van der Waals surface area contributed by atoms with E-state index >= 15 is 0 Å². The van der Waals surface area contributed by atoms with Gasteiger partial charge >= 0.3 is 6.18 Å². The van der Waals surface area contributed by atoms with Gasteiger partial charge in [0.25, 0.3) is 10.0 Å².